The number of anilines is 1. The van der Waals surface area contributed by atoms with Crippen LogP contribution in [0.4, 0.5) is 5.69 Å². The predicted molar refractivity (Wildman–Crippen MR) is 73.8 cm³/mol. The Bertz CT molecular complexity index is 638. The number of nitrogens with zero attached hydrogens (tertiary/aromatic N) is 1. The van der Waals surface area contributed by atoms with Gasteiger partial charge in [-0.05, 0) is 31.5 Å². The normalized spacial score (nSPS) is 17.1. The molecule has 0 saturated carbocycles. The number of rotatable bonds is 3. The van der Waals surface area contributed by atoms with Crippen molar-refractivity contribution in [3.8, 4) is 0 Å². The summed E-state index contributed by atoms with van der Waals surface area (Å²) in [6.07, 6.45) is 0. The molecule has 0 bridgehead atoms. The standard InChI is InChI=1S/C13H12BrNO5/c1-6-3-7(14)4-8-9(6)15(11(17)10(8)16)5-13(2,20)12(18)19/h3-4,20H,5H2,1-2H3,(H,18,19). The zero-order valence-corrected chi connectivity index (χ0v) is 12.4. The van der Waals surface area contributed by atoms with E-state index in [1.54, 1.807) is 13.0 Å². The number of ketones is 1. The zero-order chi connectivity index (χ0) is 15.2. The third kappa shape index (κ3) is 2.23. The average Bonchev–Trinajstić information content (AvgIpc) is 2.54. The molecule has 1 aromatic rings. The molecule has 1 aliphatic rings. The number of aliphatic hydroxyl groups is 1. The van der Waals surface area contributed by atoms with E-state index in [0.717, 1.165) is 11.8 Å². The molecule has 106 valence electrons. The smallest absolute Gasteiger partial charge is 0.337 e. The summed E-state index contributed by atoms with van der Waals surface area (Å²) in [6, 6.07) is 3.23. The molecule has 0 aromatic heterocycles. The molecule has 1 aliphatic heterocycles. The number of β-amino-alcohol motifs (C(OH)–C–C–N with tert-alkyl or cyclic N) is 1. The molecule has 1 aromatic carbocycles. The first-order valence-electron chi connectivity index (χ1n) is 5.77. The van der Waals surface area contributed by atoms with Gasteiger partial charge in [0, 0.05) is 4.47 Å². The number of aliphatic carboxylic acids is 1. The Morgan fingerprint density at radius 1 is 1.40 bits per heavy atom. The summed E-state index contributed by atoms with van der Waals surface area (Å²) >= 11 is 3.24. The fourth-order valence-electron chi connectivity index (χ4n) is 2.13. The highest BCUT2D eigenvalue weighted by Gasteiger charge is 2.43. The Hall–Kier alpha value is -1.73. The molecule has 6 nitrogen and oxygen atoms in total. The molecule has 0 aliphatic carbocycles. The molecule has 1 amide bonds. The number of amides is 1. The first-order chi connectivity index (χ1) is 9.15. The van der Waals surface area contributed by atoms with Gasteiger partial charge in [-0.2, -0.15) is 0 Å². The van der Waals surface area contributed by atoms with Gasteiger partial charge in [-0.15, -0.1) is 0 Å². The molecule has 1 atom stereocenters. The van der Waals surface area contributed by atoms with Crippen molar-refractivity contribution in [2.45, 2.75) is 19.4 Å². The molecule has 2 N–H and O–H groups in total. The Morgan fingerprint density at radius 2 is 2.00 bits per heavy atom. The number of hydrogen-bond acceptors (Lipinski definition) is 4. The van der Waals surface area contributed by atoms with Crippen LogP contribution in [0.3, 0.4) is 0 Å². The topological polar surface area (TPSA) is 94.9 Å². The van der Waals surface area contributed by atoms with Crippen LogP contribution in [0.15, 0.2) is 16.6 Å². The number of carboxylic acids is 1. The van der Waals surface area contributed by atoms with Gasteiger partial charge >= 0.3 is 5.97 Å². The Morgan fingerprint density at radius 3 is 2.55 bits per heavy atom. The third-order valence-corrected chi connectivity index (χ3v) is 3.60. The van der Waals surface area contributed by atoms with E-state index in [4.69, 9.17) is 5.11 Å². The molecule has 20 heavy (non-hydrogen) atoms. The summed E-state index contributed by atoms with van der Waals surface area (Å²) in [7, 11) is 0. The van der Waals surface area contributed by atoms with E-state index in [0.29, 0.717) is 15.7 Å². The maximum Gasteiger partial charge on any atom is 0.337 e. The van der Waals surface area contributed by atoms with Crippen molar-refractivity contribution in [2.75, 3.05) is 11.4 Å². The van der Waals surface area contributed by atoms with Crippen LogP contribution in [0.2, 0.25) is 0 Å². The second kappa shape index (κ2) is 4.68. The maximum absolute atomic E-state index is 12.0. The molecule has 0 fully saturated rings. The van der Waals surface area contributed by atoms with Crippen molar-refractivity contribution in [1.82, 2.24) is 0 Å². The summed E-state index contributed by atoms with van der Waals surface area (Å²) in [5.74, 6) is -2.99. The number of halogens is 1. The minimum Gasteiger partial charge on any atom is -0.479 e. The summed E-state index contributed by atoms with van der Waals surface area (Å²) in [6.45, 7) is 2.31. The first-order valence-corrected chi connectivity index (χ1v) is 6.56. The van der Waals surface area contributed by atoms with E-state index >= 15 is 0 Å². The lowest BCUT2D eigenvalue weighted by molar-refractivity contribution is -0.155. The van der Waals surface area contributed by atoms with Gasteiger partial charge in [0.1, 0.15) is 0 Å². The number of carbonyl (C=O) groups is 3. The second-order valence-corrected chi connectivity index (χ2v) is 5.83. The molecule has 2 rings (SSSR count). The fourth-order valence-corrected chi connectivity index (χ4v) is 2.70. The van der Waals surface area contributed by atoms with Crippen molar-refractivity contribution in [1.29, 1.82) is 0 Å². The highest BCUT2D eigenvalue weighted by molar-refractivity contribution is 9.10. The average molecular weight is 342 g/mol. The number of Topliss-reactive ketones (excluding diaryl/α,β-unsaturated/α-hetero) is 1. The van der Waals surface area contributed by atoms with E-state index in [2.05, 4.69) is 15.9 Å². The van der Waals surface area contributed by atoms with E-state index in [1.165, 1.54) is 6.07 Å². The van der Waals surface area contributed by atoms with Crippen molar-refractivity contribution in [3.63, 3.8) is 0 Å². The minimum absolute atomic E-state index is 0.211. The zero-order valence-electron chi connectivity index (χ0n) is 10.8. The van der Waals surface area contributed by atoms with Gasteiger partial charge < -0.3 is 15.1 Å². The van der Waals surface area contributed by atoms with E-state index < -0.39 is 29.8 Å². The third-order valence-electron chi connectivity index (χ3n) is 3.15. The van der Waals surface area contributed by atoms with Gasteiger partial charge in [0.05, 0.1) is 17.8 Å². The SMILES string of the molecule is Cc1cc(Br)cc2c1N(CC(C)(O)C(=O)O)C(=O)C2=O. The first kappa shape index (κ1) is 14.7. The van der Waals surface area contributed by atoms with Gasteiger partial charge in [-0.25, -0.2) is 4.79 Å². The van der Waals surface area contributed by atoms with Crippen LogP contribution in [-0.2, 0) is 9.59 Å². The van der Waals surface area contributed by atoms with Gasteiger partial charge in [0.15, 0.2) is 5.60 Å². The Kier molecular flexibility index (Phi) is 3.43. The number of aryl methyl sites for hydroxylation is 1. The lowest BCUT2D eigenvalue weighted by atomic mass is 10.1. The number of hydrogen-bond donors (Lipinski definition) is 2. The molecule has 1 heterocycles. The second-order valence-electron chi connectivity index (χ2n) is 4.92. The van der Waals surface area contributed by atoms with Crippen molar-refractivity contribution < 1.29 is 24.6 Å². The molecule has 1 unspecified atom stereocenters. The summed E-state index contributed by atoms with van der Waals surface area (Å²) in [5, 5.41) is 18.7. The van der Waals surface area contributed by atoms with Crippen LogP contribution in [-0.4, -0.2) is 40.0 Å². The summed E-state index contributed by atoms with van der Waals surface area (Å²) < 4.78 is 0.654. The maximum atomic E-state index is 12.0. The van der Waals surface area contributed by atoms with Crippen LogP contribution < -0.4 is 4.90 Å². The van der Waals surface area contributed by atoms with E-state index in [-0.39, 0.29) is 5.56 Å². The van der Waals surface area contributed by atoms with Crippen LogP contribution in [0.5, 0.6) is 0 Å². The largest absolute Gasteiger partial charge is 0.479 e. The van der Waals surface area contributed by atoms with Gasteiger partial charge in [-0.1, -0.05) is 15.9 Å². The van der Waals surface area contributed by atoms with E-state index in [1.807, 2.05) is 0 Å². The number of benzene rings is 1. The minimum atomic E-state index is -2.13. The lowest BCUT2D eigenvalue weighted by Gasteiger charge is -2.26. The van der Waals surface area contributed by atoms with Gasteiger partial charge in [0.2, 0.25) is 0 Å². The van der Waals surface area contributed by atoms with Crippen molar-refractivity contribution in [2.24, 2.45) is 0 Å². The molecule has 0 spiro atoms. The molecule has 7 heteroatoms. The highest BCUT2D eigenvalue weighted by atomic mass is 79.9. The summed E-state index contributed by atoms with van der Waals surface area (Å²) in [5.41, 5.74) is -0.917. The molecule has 0 radical (unpaired) electrons. The number of carbonyl (C=O) groups excluding carboxylic acids is 2. The Balaban J connectivity index is 2.51. The van der Waals surface area contributed by atoms with Crippen molar-refractivity contribution in [3.05, 3.63) is 27.7 Å². The lowest BCUT2D eigenvalue weighted by Crippen LogP contribution is -2.48. The molecular formula is C13H12BrNO5. The van der Waals surface area contributed by atoms with Gasteiger partial charge in [0.25, 0.3) is 11.7 Å². The van der Waals surface area contributed by atoms with Gasteiger partial charge in [-0.3, -0.25) is 9.59 Å². The van der Waals surface area contributed by atoms with E-state index in [9.17, 15) is 19.5 Å². The number of fused-ring (bicyclic) bond motifs is 1. The van der Waals surface area contributed by atoms with Crippen LogP contribution in [0.25, 0.3) is 0 Å². The van der Waals surface area contributed by atoms with Crippen LogP contribution in [0, 0.1) is 6.92 Å². The van der Waals surface area contributed by atoms with Crippen LogP contribution in [0.1, 0.15) is 22.8 Å². The van der Waals surface area contributed by atoms with Crippen LogP contribution >= 0.6 is 15.9 Å². The quantitative estimate of drug-likeness (QED) is 0.803. The van der Waals surface area contributed by atoms with Crippen molar-refractivity contribution >= 4 is 39.3 Å². The monoisotopic (exact) mass is 341 g/mol. The summed E-state index contributed by atoms with van der Waals surface area (Å²) in [4.78, 5) is 35.9. The Labute approximate surface area is 123 Å². The highest BCUT2D eigenvalue weighted by Crippen LogP contribution is 2.35. The predicted octanol–water partition coefficient (Wildman–Crippen LogP) is 1.12. The number of carboxylic acid groups (broad SMARTS) is 1. The molecular weight excluding hydrogens is 330 g/mol. The fraction of sp³-hybridized carbons (Fsp3) is 0.308. The molecule has 0 saturated heterocycles.